The molecule has 3 rings (SSSR count). The third-order valence-electron chi connectivity index (χ3n) is 6.97. The van der Waals surface area contributed by atoms with Gasteiger partial charge in [-0.2, -0.15) is 0 Å². The lowest BCUT2D eigenvalue weighted by molar-refractivity contribution is -0.142. The van der Waals surface area contributed by atoms with Crippen molar-refractivity contribution >= 4 is 40.6 Å². The van der Waals surface area contributed by atoms with Gasteiger partial charge in [-0.05, 0) is 36.8 Å². The lowest BCUT2D eigenvalue weighted by Crippen LogP contribution is -2.58. The molecule has 4 atom stereocenters. The zero-order chi connectivity index (χ0) is 32.2. The van der Waals surface area contributed by atoms with E-state index in [2.05, 4.69) is 35.9 Å². The Morgan fingerprint density at radius 1 is 0.955 bits per heavy atom. The molecular formula is C29H42N10O5. The van der Waals surface area contributed by atoms with Gasteiger partial charge in [-0.1, -0.05) is 32.0 Å². The van der Waals surface area contributed by atoms with Gasteiger partial charge in [0.1, 0.15) is 18.1 Å². The number of H-pyrrole nitrogens is 2. The van der Waals surface area contributed by atoms with Crippen molar-refractivity contribution in [2.75, 3.05) is 6.54 Å². The second-order valence-corrected chi connectivity index (χ2v) is 11.1. The molecular weight excluding hydrogens is 568 g/mol. The van der Waals surface area contributed by atoms with Gasteiger partial charge < -0.3 is 48.2 Å². The van der Waals surface area contributed by atoms with E-state index in [0.717, 1.165) is 16.5 Å². The van der Waals surface area contributed by atoms with Crippen molar-refractivity contribution in [3.8, 4) is 0 Å². The van der Waals surface area contributed by atoms with Crippen molar-refractivity contribution < 1.29 is 24.3 Å². The number of nitrogens with two attached hydrogens (primary N) is 3. The number of carboxylic acid groups (broad SMARTS) is 1. The van der Waals surface area contributed by atoms with Crippen LogP contribution in [0.5, 0.6) is 0 Å². The Morgan fingerprint density at radius 2 is 1.64 bits per heavy atom. The highest BCUT2D eigenvalue weighted by Crippen LogP contribution is 2.19. The summed E-state index contributed by atoms with van der Waals surface area (Å²) in [7, 11) is 0. The van der Waals surface area contributed by atoms with Crippen molar-refractivity contribution in [2.24, 2.45) is 28.1 Å². The van der Waals surface area contributed by atoms with Crippen LogP contribution in [0, 0.1) is 5.92 Å². The van der Waals surface area contributed by atoms with E-state index < -0.39 is 47.9 Å². The molecule has 2 aromatic heterocycles. The molecule has 1 aromatic carbocycles. The van der Waals surface area contributed by atoms with Crippen LogP contribution in [0.1, 0.15) is 44.4 Å². The molecule has 0 bridgehead atoms. The van der Waals surface area contributed by atoms with Gasteiger partial charge in [0.15, 0.2) is 5.96 Å². The zero-order valence-electron chi connectivity index (χ0n) is 24.9. The highest BCUT2D eigenvalue weighted by Gasteiger charge is 2.31. The van der Waals surface area contributed by atoms with Crippen molar-refractivity contribution in [3.63, 3.8) is 0 Å². The molecule has 3 amide bonds. The first-order valence-electron chi connectivity index (χ1n) is 14.4. The molecule has 0 radical (unpaired) electrons. The molecule has 3 aromatic rings. The number of aromatic amines is 2. The number of benzene rings is 1. The van der Waals surface area contributed by atoms with Crippen molar-refractivity contribution in [1.82, 2.24) is 30.9 Å². The van der Waals surface area contributed by atoms with Gasteiger partial charge in [-0.3, -0.25) is 19.4 Å². The lowest BCUT2D eigenvalue weighted by atomic mass is 10.0. The molecule has 0 aliphatic carbocycles. The van der Waals surface area contributed by atoms with E-state index in [4.69, 9.17) is 17.2 Å². The van der Waals surface area contributed by atoms with Crippen LogP contribution >= 0.6 is 0 Å². The summed E-state index contributed by atoms with van der Waals surface area (Å²) in [6, 6.07) is 3.07. The van der Waals surface area contributed by atoms with Crippen molar-refractivity contribution in [2.45, 2.75) is 70.1 Å². The Balaban J connectivity index is 1.85. The summed E-state index contributed by atoms with van der Waals surface area (Å²) < 4.78 is 0. The first-order chi connectivity index (χ1) is 20.9. The number of nitrogens with one attached hydrogen (secondary N) is 5. The van der Waals surface area contributed by atoms with E-state index in [0.29, 0.717) is 18.5 Å². The van der Waals surface area contributed by atoms with Gasteiger partial charge in [-0.15, -0.1) is 0 Å². The molecule has 0 fully saturated rings. The average Bonchev–Trinajstić information content (AvgIpc) is 3.63. The Labute approximate surface area is 254 Å². The van der Waals surface area contributed by atoms with E-state index in [-0.39, 0.29) is 37.7 Å². The van der Waals surface area contributed by atoms with Gasteiger partial charge in [0.2, 0.25) is 17.7 Å². The van der Waals surface area contributed by atoms with Crippen LogP contribution in [0.2, 0.25) is 0 Å². The second-order valence-electron chi connectivity index (χ2n) is 11.1. The largest absolute Gasteiger partial charge is 0.480 e. The summed E-state index contributed by atoms with van der Waals surface area (Å²) in [6.45, 7) is 4.07. The SMILES string of the molecule is CC(C)CC(N)C(=O)NC(CCCN=C(N)N)C(=O)NC(Cc1c[nH]c2ccccc12)C(=O)NC(Cc1cnc[nH]1)C(=O)O. The lowest BCUT2D eigenvalue weighted by Gasteiger charge is -2.25. The second kappa shape index (κ2) is 16.1. The summed E-state index contributed by atoms with van der Waals surface area (Å²) in [5.74, 6) is -3.07. The topological polar surface area (TPSA) is 259 Å². The van der Waals surface area contributed by atoms with Crippen LogP contribution in [-0.4, -0.2) is 80.4 Å². The number of para-hydroxylation sites is 1. The Morgan fingerprint density at radius 3 is 2.30 bits per heavy atom. The number of carbonyl (C=O) groups is 4. The molecule has 15 nitrogen and oxygen atoms in total. The average molecular weight is 611 g/mol. The minimum atomic E-state index is -1.30. The molecule has 0 saturated carbocycles. The molecule has 0 spiro atoms. The molecule has 15 heteroatoms. The van der Waals surface area contributed by atoms with E-state index in [1.54, 1.807) is 6.20 Å². The maximum absolute atomic E-state index is 13.7. The van der Waals surface area contributed by atoms with Crippen LogP contribution < -0.4 is 33.2 Å². The minimum Gasteiger partial charge on any atom is -0.480 e. The van der Waals surface area contributed by atoms with E-state index in [1.165, 1.54) is 12.5 Å². The van der Waals surface area contributed by atoms with Crippen LogP contribution in [0.25, 0.3) is 10.9 Å². The summed E-state index contributed by atoms with van der Waals surface area (Å²) in [6.07, 6.45) is 5.51. The predicted molar refractivity (Wildman–Crippen MR) is 165 cm³/mol. The number of fused-ring (bicyclic) bond motifs is 1. The standard InChI is InChI=1S/C29H42N10O5/c1-16(2)10-20(30)25(40)37-22(8-5-9-34-29(31)32)26(41)38-23(11-17-13-35-21-7-4-3-6-19(17)21)27(42)39-24(28(43)44)12-18-14-33-15-36-18/h3-4,6-7,13-16,20,22-24,35H,5,8-12,30H2,1-2H3,(H,33,36)(H,37,40)(H,38,41)(H,39,42)(H,43,44)(H4,31,32,34). The highest BCUT2D eigenvalue weighted by atomic mass is 16.4. The van der Waals surface area contributed by atoms with Crippen LogP contribution in [0.3, 0.4) is 0 Å². The molecule has 44 heavy (non-hydrogen) atoms. The maximum atomic E-state index is 13.7. The summed E-state index contributed by atoms with van der Waals surface area (Å²) >= 11 is 0. The Bertz CT molecular complexity index is 1430. The van der Waals surface area contributed by atoms with Crippen LogP contribution in [0.4, 0.5) is 0 Å². The predicted octanol–water partition coefficient (Wildman–Crippen LogP) is -0.358. The number of imidazole rings is 1. The number of aromatic nitrogens is 3. The third-order valence-corrected chi connectivity index (χ3v) is 6.97. The number of hydrogen-bond donors (Lipinski definition) is 9. The smallest absolute Gasteiger partial charge is 0.326 e. The quantitative estimate of drug-likeness (QED) is 0.0548. The van der Waals surface area contributed by atoms with Gasteiger partial charge in [0, 0.05) is 48.4 Å². The normalized spacial score (nSPS) is 13.9. The van der Waals surface area contributed by atoms with Crippen molar-refractivity contribution in [1.29, 1.82) is 0 Å². The molecule has 0 aliphatic rings. The fourth-order valence-corrected chi connectivity index (χ4v) is 4.76. The van der Waals surface area contributed by atoms with Crippen LogP contribution in [-0.2, 0) is 32.0 Å². The Kier molecular flexibility index (Phi) is 12.3. The number of guanidine groups is 1. The highest BCUT2D eigenvalue weighted by molar-refractivity contribution is 5.95. The van der Waals surface area contributed by atoms with Gasteiger partial charge in [0.25, 0.3) is 0 Å². The third kappa shape index (κ3) is 10.1. The molecule has 4 unspecified atom stereocenters. The van der Waals surface area contributed by atoms with Crippen LogP contribution in [0.15, 0.2) is 48.0 Å². The number of aliphatic imine (C=N–C) groups is 1. The monoisotopic (exact) mass is 610 g/mol. The number of rotatable bonds is 17. The van der Waals surface area contributed by atoms with E-state index in [1.807, 2.05) is 38.1 Å². The van der Waals surface area contributed by atoms with E-state index >= 15 is 0 Å². The minimum absolute atomic E-state index is 0.0412. The number of aliphatic carboxylic acids is 1. The molecule has 0 saturated heterocycles. The molecule has 2 heterocycles. The molecule has 238 valence electrons. The molecule has 0 aliphatic heterocycles. The van der Waals surface area contributed by atoms with Gasteiger partial charge in [-0.25, -0.2) is 9.78 Å². The number of carboxylic acids is 1. The van der Waals surface area contributed by atoms with E-state index in [9.17, 15) is 24.3 Å². The summed E-state index contributed by atoms with van der Waals surface area (Å²) in [5.41, 5.74) is 19.0. The first kappa shape index (κ1) is 33.6. The van der Waals surface area contributed by atoms with Gasteiger partial charge in [0.05, 0.1) is 12.4 Å². The number of carbonyl (C=O) groups excluding carboxylic acids is 3. The van der Waals surface area contributed by atoms with Crippen molar-refractivity contribution in [3.05, 3.63) is 54.2 Å². The summed E-state index contributed by atoms with van der Waals surface area (Å²) in [4.78, 5) is 66.0. The fourth-order valence-electron chi connectivity index (χ4n) is 4.76. The molecule has 12 N–H and O–H groups in total. The summed E-state index contributed by atoms with van der Waals surface area (Å²) in [5, 5.41) is 18.6. The fraction of sp³-hybridized carbons (Fsp3) is 0.448. The number of nitrogens with zero attached hydrogens (tertiary/aromatic N) is 2. The number of amides is 3. The zero-order valence-corrected chi connectivity index (χ0v) is 24.9. The van der Waals surface area contributed by atoms with Gasteiger partial charge >= 0.3 is 5.97 Å². The Hall–Kier alpha value is -4.92. The first-order valence-corrected chi connectivity index (χ1v) is 14.4. The maximum Gasteiger partial charge on any atom is 0.326 e. The number of hydrogen-bond acceptors (Lipinski definition) is 7.